The van der Waals surface area contributed by atoms with Crippen molar-refractivity contribution in [2.24, 2.45) is 0 Å². The molecule has 0 spiro atoms. The number of hydrogen-bond donors (Lipinski definition) is 1. The van der Waals surface area contributed by atoms with Crippen LogP contribution in [0.15, 0.2) is 36.4 Å². The van der Waals surface area contributed by atoms with Crippen LogP contribution in [0.25, 0.3) is 10.8 Å². The molecule has 2 aliphatic heterocycles. The summed E-state index contributed by atoms with van der Waals surface area (Å²) in [7, 11) is 0. The molecule has 4 rings (SSSR count). The fourth-order valence-electron chi connectivity index (χ4n) is 4.38. The maximum Gasteiger partial charge on any atom is 0.239 e. The predicted octanol–water partition coefficient (Wildman–Crippen LogP) is 3.39. The summed E-state index contributed by atoms with van der Waals surface area (Å²) in [6.07, 6.45) is 6.31. The number of likely N-dealkylation sites (tertiary alicyclic amines) is 1. The quantitative estimate of drug-likeness (QED) is 0.922. The average Bonchev–Trinajstić information content (AvgIpc) is 3.37. The van der Waals surface area contributed by atoms with Crippen LogP contribution >= 0.6 is 0 Å². The third kappa shape index (κ3) is 3.45. The molecule has 2 aromatic rings. The Kier molecular flexibility index (Phi) is 4.90. The highest BCUT2D eigenvalue weighted by atomic mass is 16.2. The van der Waals surface area contributed by atoms with Crippen LogP contribution in [0.3, 0.4) is 0 Å². The Morgan fingerprint density at radius 3 is 2.85 bits per heavy atom. The number of nitriles is 1. The Labute approximate surface area is 154 Å². The normalized spacial score (nSPS) is 22.7. The Bertz CT molecular complexity index is 848. The third-order valence-corrected chi connectivity index (χ3v) is 5.82. The summed E-state index contributed by atoms with van der Waals surface area (Å²) in [5.41, 5.74) is 1.98. The van der Waals surface area contributed by atoms with Crippen molar-refractivity contribution < 1.29 is 4.79 Å². The largest absolute Gasteiger partial charge is 0.338 e. The molecular weight excluding hydrogens is 322 g/mol. The molecule has 2 heterocycles. The van der Waals surface area contributed by atoms with E-state index in [4.69, 9.17) is 5.26 Å². The van der Waals surface area contributed by atoms with Gasteiger partial charge in [0.25, 0.3) is 0 Å². The summed E-state index contributed by atoms with van der Waals surface area (Å²) in [6, 6.07) is 14.9. The number of nitrogens with zero attached hydrogens (tertiary/aromatic N) is 2. The first-order valence-corrected chi connectivity index (χ1v) is 9.71. The van der Waals surface area contributed by atoms with Crippen molar-refractivity contribution >= 4 is 16.7 Å². The maximum atomic E-state index is 12.7. The monoisotopic (exact) mass is 347 g/mol. The van der Waals surface area contributed by atoms with Gasteiger partial charge in [0.05, 0.1) is 17.7 Å². The predicted molar refractivity (Wildman–Crippen MR) is 103 cm³/mol. The second kappa shape index (κ2) is 7.47. The number of amides is 1. The molecule has 2 fully saturated rings. The van der Waals surface area contributed by atoms with E-state index in [2.05, 4.69) is 34.5 Å². The highest BCUT2D eigenvalue weighted by molar-refractivity contribution is 5.84. The van der Waals surface area contributed by atoms with E-state index in [1.165, 1.54) is 5.56 Å². The van der Waals surface area contributed by atoms with Crippen LogP contribution in [-0.2, 0) is 11.2 Å². The van der Waals surface area contributed by atoms with Crippen LogP contribution in [0, 0.1) is 11.3 Å². The second-order valence-electron chi connectivity index (χ2n) is 7.52. The van der Waals surface area contributed by atoms with Crippen LogP contribution in [-0.4, -0.2) is 36.0 Å². The number of benzene rings is 2. The minimum Gasteiger partial charge on any atom is -0.338 e. The number of carbonyl (C=O) groups is 1. The fourth-order valence-corrected chi connectivity index (χ4v) is 4.38. The lowest BCUT2D eigenvalue weighted by atomic mass is 9.99. The van der Waals surface area contributed by atoms with Crippen molar-refractivity contribution in [3.8, 4) is 6.07 Å². The summed E-state index contributed by atoms with van der Waals surface area (Å²) in [5.74, 6) is 0.308. The van der Waals surface area contributed by atoms with E-state index in [1.807, 2.05) is 18.2 Å². The van der Waals surface area contributed by atoms with Crippen LogP contribution in [0.1, 0.15) is 43.2 Å². The number of fused-ring (bicyclic) bond motifs is 1. The molecule has 4 heteroatoms. The molecule has 2 atom stereocenters. The number of hydrogen-bond acceptors (Lipinski definition) is 3. The van der Waals surface area contributed by atoms with Gasteiger partial charge in [0.15, 0.2) is 0 Å². The summed E-state index contributed by atoms with van der Waals surface area (Å²) in [5, 5.41) is 14.7. The van der Waals surface area contributed by atoms with Crippen molar-refractivity contribution in [2.45, 2.75) is 50.6 Å². The van der Waals surface area contributed by atoms with Crippen LogP contribution in [0.5, 0.6) is 0 Å². The smallest absolute Gasteiger partial charge is 0.239 e. The molecule has 0 aromatic heterocycles. The highest BCUT2D eigenvalue weighted by Crippen LogP contribution is 2.25. The minimum atomic E-state index is 0.0423. The molecule has 4 nitrogen and oxygen atoms in total. The lowest BCUT2D eigenvalue weighted by molar-refractivity contribution is -0.134. The van der Waals surface area contributed by atoms with E-state index in [-0.39, 0.29) is 6.04 Å². The van der Waals surface area contributed by atoms with Crippen molar-refractivity contribution in [1.82, 2.24) is 10.2 Å². The van der Waals surface area contributed by atoms with Crippen LogP contribution < -0.4 is 5.32 Å². The SMILES string of the molecule is N#Cc1ccc2ccc(CC[C@H]3CCCN3C(=O)[C@H]3CCCN3)cc2c1. The third-order valence-electron chi connectivity index (χ3n) is 5.82. The van der Waals surface area contributed by atoms with E-state index in [0.717, 1.165) is 62.4 Å². The number of nitrogens with one attached hydrogen (secondary N) is 1. The molecule has 1 amide bonds. The van der Waals surface area contributed by atoms with Gasteiger partial charge in [0, 0.05) is 12.6 Å². The van der Waals surface area contributed by atoms with E-state index in [0.29, 0.717) is 17.5 Å². The number of rotatable bonds is 4. The minimum absolute atomic E-state index is 0.0423. The summed E-state index contributed by atoms with van der Waals surface area (Å²) >= 11 is 0. The van der Waals surface area contributed by atoms with Gasteiger partial charge in [-0.05, 0) is 73.5 Å². The molecule has 2 aliphatic rings. The number of aryl methyl sites for hydroxylation is 1. The van der Waals surface area contributed by atoms with Crippen molar-refractivity contribution in [1.29, 1.82) is 5.26 Å². The average molecular weight is 347 g/mol. The zero-order chi connectivity index (χ0) is 17.9. The van der Waals surface area contributed by atoms with E-state index < -0.39 is 0 Å². The molecule has 26 heavy (non-hydrogen) atoms. The maximum absolute atomic E-state index is 12.7. The van der Waals surface area contributed by atoms with Crippen molar-refractivity contribution in [2.75, 3.05) is 13.1 Å². The van der Waals surface area contributed by atoms with Gasteiger partial charge in [-0.1, -0.05) is 24.3 Å². The first-order valence-electron chi connectivity index (χ1n) is 9.71. The molecule has 1 N–H and O–H groups in total. The van der Waals surface area contributed by atoms with Gasteiger partial charge in [0.1, 0.15) is 0 Å². The van der Waals surface area contributed by atoms with Gasteiger partial charge < -0.3 is 10.2 Å². The van der Waals surface area contributed by atoms with Gasteiger partial charge in [-0.3, -0.25) is 4.79 Å². The Hall–Kier alpha value is -2.38. The Morgan fingerprint density at radius 2 is 2.04 bits per heavy atom. The first-order chi connectivity index (χ1) is 12.7. The Balaban J connectivity index is 1.43. The van der Waals surface area contributed by atoms with Gasteiger partial charge in [0.2, 0.25) is 5.91 Å². The molecule has 0 radical (unpaired) electrons. The van der Waals surface area contributed by atoms with Crippen LogP contribution in [0.4, 0.5) is 0 Å². The summed E-state index contributed by atoms with van der Waals surface area (Å²) in [4.78, 5) is 14.9. The standard InChI is InChI=1S/C22H25N3O/c23-15-17-6-9-18-8-5-16(13-19(18)14-17)7-10-20-3-2-12-25(20)22(26)21-4-1-11-24-21/h5-6,8-9,13-14,20-21,24H,1-4,7,10-12H2/t20-,21-/m1/s1. The van der Waals surface area contributed by atoms with Gasteiger partial charge in [-0.2, -0.15) is 5.26 Å². The Morgan fingerprint density at radius 1 is 1.15 bits per heavy atom. The highest BCUT2D eigenvalue weighted by Gasteiger charge is 2.33. The zero-order valence-electron chi connectivity index (χ0n) is 15.1. The second-order valence-corrected chi connectivity index (χ2v) is 7.52. The van der Waals surface area contributed by atoms with E-state index in [9.17, 15) is 4.79 Å². The van der Waals surface area contributed by atoms with E-state index in [1.54, 1.807) is 0 Å². The molecular formula is C22H25N3O. The lowest BCUT2D eigenvalue weighted by Gasteiger charge is -2.27. The lowest BCUT2D eigenvalue weighted by Crippen LogP contribution is -2.45. The topological polar surface area (TPSA) is 56.1 Å². The molecule has 2 aromatic carbocycles. The molecule has 0 bridgehead atoms. The van der Waals surface area contributed by atoms with Gasteiger partial charge >= 0.3 is 0 Å². The zero-order valence-corrected chi connectivity index (χ0v) is 15.1. The molecule has 0 unspecified atom stereocenters. The molecule has 0 saturated carbocycles. The molecule has 0 aliphatic carbocycles. The van der Waals surface area contributed by atoms with Gasteiger partial charge in [-0.25, -0.2) is 0 Å². The fraction of sp³-hybridized carbons (Fsp3) is 0.455. The van der Waals surface area contributed by atoms with Crippen LogP contribution in [0.2, 0.25) is 0 Å². The molecule has 134 valence electrons. The number of carbonyl (C=O) groups excluding carboxylic acids is 1. The van der Waals surface area contributed by atoms with Crippen molar-refractivity contribution in [3.63, 3.8) is 0 Å². The van der Waals surface area contributed by atoms with E-state index >= 15 is 0 Å². The first kappa shape index (κ1) is 17.1. The van der Waals surface area contributed by atoms with Crippen molar-refractivity contribution in [3.05, 3.63) is 47.5 Å². The molecule has 2 saturated heterocycles. The summed E-state index contributed by atoms with van der Waals surface area (Å²) in [6.45, 7) is 1.88. The summed E-state index contributed by atoms with van der Waals surface area (Å²) < 4.78 is 0. The van der Waals surface area contributed by atoms with Gasteiger partial charge in [-0.15, -0.1) is 0 Å².